The Morgan fingerprint density at radius 2 is 2.00 bits per heavy atom. The van der Waals surface area contributed by atoms with Crippen LogP contribution in [0.1, 0.15) is 38.8 Å². The Hall–Kier alpha value is -1.05. The van der Waals surface area contributed by atoms with Crippen molar-refractivity contribution in [2.75, 3.05) is 6.61 Å². The van der Waals surface area contributed by atoms with Crippen LogP contribution in [0.4, 0.5) is 8.78 Å². The van der Waals surface area contributed by atoms with E-state index >= 15 is 0 Å². The number of hydrogen-bond donors (Lipinski definition) is 1. The van der Waals surface area contributed by atoms with Gasteiger partial charge < -0.3 is 4.74 Å². The summed E-state index contributed by atoms with van der Waals surface area (Å²) in [6.45, 7) is 5.14. The number of sulfonamides is 1. The van der Waals surface area contributed by atoms with Gasteiger partial charge in [0.25, 0.3) is 0 Å². The predicted molar refractivity (Wildman–Crippen MR) is 75.3 cm³/mol. The Morgan fingerprint density at radius 1 is 1.38 bits per heavy atom. The van der Waals surface area contributed by atoms with Gasteiger partial charge in [0.2, 0.25) is 10.0 Å². The number of nitrogens with one attached hydrogen (secondary N) is 1. The maximum Gasteiger partial charge on any atom is 0.217 e. The molecule has 118 valence electrons. The second kappa shape index (κ2) is 5.62. The van der Waals surface area contributed by atoms with Crippen molar-refractivity contribution in [3.8, 4) is 0 Å². The zero-order chi connectivity index (χ0) is 15.8. The maximum absolute atomic E-state index is 13.9. The van der Waals surface area contributed by atoms with Crippen molar-refractivity contribution >= 4 is 10.0 Å². The van der Waals surface area contributed by atoms with E-state index in [9.17, 15) is 17.2 Å². The van der Waals surface area contributed by atoms with Crippen LogP contribution < -0.4 is 4.72 Å². The Morgan fingerprint density at radius 3 is 2.52 bits per heavy atom. The third kappa shape index (κ3) is 3.99. The molecule has 1 saturated heterocycles. The summed E-state index contributed by atoms with van der Waals surface area (Å²) in [6, 6.07) is 2.17. The molecule has 21 heavy (non-hydrogen) atoms. The average molecular weight is 319 g/mol. The van der Waals surface area contributed by atoms with E-state index in [0.717, 1.165) is 18.2 Å². The van der Waals surface area contributed by atoms with Gasteiger partial charge >= 0.3 is 0 Å². The molecule has 1 aromatic rings. The van der Waals surface area contributed by atoms with Crippen molar-refractivity contribution in [1.29, 1.82) is 0 Å². The van der Waals surface area contributed by atoms with Gasteiger partial charge in [0.1, 0.15) is 11.6 Å². The molecule has 0 amide bonds. The van der Waals surface area contributed by atoms with E-state index in [-0.39, 0.29) is 18.1 Å². The molecule has 2 rings (SSSR count). The first kappa shape index (κ1) is 16.3. The summed E-state index contributed by atoms with van der Waals surface area (Å²) in [5.74, 6) is -1.25. The molecule has 0 radical (unpaired) electrons. The number of ether oxygens (including phenoxy) is 1. The standard InChI is InChI=1S/C14H19F2NO3S/c1-14(2,3)21(18,19)17-13(7-10-8-20-10)11-6-9(15)4-5-12(11)16/h4-6,10,13,17H,7-8H2,1-3H3/t10?,13-/m1/s1. The van der Waals surface area contributed by atoms with Crippen LogP contribution in [-0.2, 0) is 14.8 Å². The van der Waals surface area contributed by atoms with Gasteiger partial charge in [-0.25, -0.2) is 21.9 Å². The molecule has 0 aliphatic carbocycles. The van der Waals surface area contributed by atoms with E-state index in [1.54, 1.807) is 20.8 Å². The minimum absolute atomic E-state index is 0.00155. The van der Waals surface area contributed by atoms with Crippen molar-refractivity contribution in [2.24, 2.45) is 0 Å². The van der Waals surface area contributed by atoms with Crippen molar-refractivity contribution in [3.63, 3.8) is 0 Å². The first-order valence-electron chi connectivity index (χ1n) is 6.68. The highest BCUT2D eigenvalue weighted by molar-refractivity contribution is 7.90. The fourth-order valence-electron chi connectivity index (χ4n) is 1.85. The molecule has 2 atom stereocenters. The maximum atomic E-state index is 13.9. The summed E-state index contributed by atoms with van der Waals surface area (Å²) in [6.07, 6.45) is 0.149. The van der Waals surface area contributed by atoms with Gasteiger partial charge in [0, 0.05) is 5.56 Å². The number of halogens is 2. The SMILES string of the molecule is CC(C)(C)S(=O)(=O)N[C@H](CC1CO1)c1cc(F)ccc1F. The lowest BCUT2D eigenvalue weighted by atomic mass is 10.0. The van der Waals surface area contributed by atoms with Gasteiger partial charge in [-0.15, -0.1) is 0 Å². The number of hydrogen-bond acceptors (Lipinski definition) is 3. The quantitative estimate of drug-likeness (QED) is 0.848. The van der Waals surface area contributed by atoms with E-state index in [1.807, 2.05) is 0 Å². The van der Waals surface area contributed by atoms with Gasteiger partial charge in [0.05, 0.1) is 23.5 Å². The highest BCUT2D eigenvalue weighted by Crippen LogP contribution is 2.30. The molecule has 1 N–H and O–H groups in total. The van der Waals surface area contributed by atoms with Crippen molar-refractivity contribution < 1.29 is 21.9 Å². The lowest BCUT2D eigenvalue weighted by Crippen LogP contribution is -2.41. The summed E-state index contributed by atoms with van der Waals surface area (Å²) >= 11 is 0. The molecule has 0 aromatic heterocycles. The van der Waals surface area contributed by atoms with Crippen LogP contribution in [0.25, 0.3) is 0 Å². The van der Waals surface area contributed by atoms with Crippen LogP contribution >= 0.6 is 0 Å². The molecule has 0 saturated carbocycles. The molecule has 1 unspecified atom stereocenters. The zero-order valence-corrected chi connectivity index (χ0v) is 13.0. The third-order valence-electron chi connectivity index (χ3n) is 3.34. The average Bonchev–Trinajstić information content (AvgIpc) is 3.13. The minimum Gasteiger partial charge on any atom is -0.373 e. The lowest BCUT2D eigenvalue weighted by Gasteiger charge is -2.25. The van der Waals surface area contributed by atoms with Gasteiger partial charge in [-0.3, -0.25) is 0 Å². The van der Waals surface area contributed by atoms with E-state index < -0.39 is 32.4 Å². The van der Waals surface area contributed by atoms with E-state index in [1.165, 1.54) is 0 Å². The van der Waals surface area contributed by atoms with Crippen molar-refractivity contribution in [3.05, 3.63) is 35.4 Å². The molecule has 1 heterocycles. The van der Waals surface area contributed by atoms with E-state index in [0.29, 0.717) is 6.61 Å². The Labute approximate surface area is 123 Å². The zero-order valence-electron chi connectivity index (χ0n) is 12.2. The van der Waals surface area contributed by atoms with Crippen LogP contribution in [0.3, 0.4) is 0 Å². The molecule has 1 aromatic carbocycles. The second-order valence-corrected chi connectivity index (χ2v) is 8.61. The molecule has 0 bridgehead atoms. The fourth-order valence-corrected chi connectivity index (χ4v) is 2.80. The first-order chi connectivity index (χ1) is 9.60. The Kier molecular flexibility index (Phi) is 4.37. The summed E-state index contributed by atoms with van der Waals surface area (Å²) < 4.78 is 58.3. The molecular formula is C14H19F2NO3S. The van der Waals surface area contributed by atoms with Crippen molar-refractivity contribution in [1.82, 2.24) is 4.72 Å². The van der Waals surface area contributed by atoms with Gasteiger partial charge in [-0.05, 0) is 45.4 Å². The predicted octanol–water partition coefficient (Wildman–Crippen LogP) is 2.51. The van der Waals surface area contributed by atoms with Gasteiger partial charge in [-0.2, -0.15) is 0 Å². The number of benzene rings is 1. The largest absolute Gasteiger partial charge is 0.373 e. The lowest BCUT2D eigenvalue weighted by molar-refractivity contribution is 0.370. The molecule has 1 aliphatic rings. The van der Waals surface area contributed by atoms with Crippen molar-refractivity contribution in [2.45, 2.75) is 44.1 Å². The Bertz CT molecular complexity index is 622. The summed E-state index contributed by atoms with van der Waals surface area (Å²) in [4.78, 5) is 0. The monoisotopic (exact) mass is 319 g/mol. The van der Waals surface area contributed by atoms with Gasteiger partial charge in [0.15, 0.2) is 0 Å². The smallest absolute Gasteiger partial charge is 0.217 e. The van der Waals surface area contributed by atoms with Crippen LogP contribution in [0.15, 0.2) is 18.2 Å². The summed E-state index contributed by atoms with van der Waals surface area (Å²) in [5, 5.41) is 0. The molecule has 7 heteroatoms. The molecule has 0 spiro atoms. The first-order valence-corrected chi connectivity index (χ1v) is 8.17. The number of rotatable bonds is 5. The van der Waals surface area contributed by atoms with Crippen LogP contribution in [0, 0.1) is 11.6 Å². The molecule has 4 nitrogen and oxygen atoms in total. The van der Waals surface area contributed by atoms with Gasteiger partial charge in [-0.1, -0.05) is 0 Å². The summed E-state index contributed by atoms with van der Waals surface area (Å²) in [5.41, 5.74) is -0.00155. The molecular weight excluding hydrogens is 300 g/mol. The van der Waals surface area contributed by atoms with Crippen LogP contribution in [0.5, 0.6) is 0 Å². The molecule has 1 aliphatic heterocycles. The molecule has 1 fully saturated rings. The van der Waals surface area contributed by atoms with E-state index in [2.05, 4.69) is 4.72 Å². The summed E-state index contributed by atoms with van der Waals surface area (Å²) in [7, 11) is -3.69. The number of epoxide rings is 1. The third-order valence-corrected chi connectivity index (χ3v) is 5.55. The highest BCUT2D eigenvalue weighted by atomic mass is 32.2. The minimum atomic E-state index is -3.69. The fraction of sp³-hybridized carbons (Fsp3) is 0.571. The van der Waals surface area contributed by atoms with Crippen LogP contribution in [-0.4, -0.2) is 25.9 Å². The normalized spacial score (nSPS) is 20.3. The second-order valence-electron chi connectivity index (χ2n) is 6.14. The van der Waals surface area contributed by atoms with Crippen LogP contribution in [0.2, 0.25) is 0 Å². The Balaban J connectivity index is 2.32. The highest BCUT2D eigenvalue weighted by Gasteiger charge is 2.36. The topological polar surface area (TPSA) is 58.7 Å². The van der Waals surface area contributed by atoms with E-state index in [4.69, 9.17) is 4.74 Å².